The van der Waals surface area contributed by atoms with Crippen LogP contribution in [0.1, 0.15) is 7.85 Å². The average Bonchev–Trinajstić information content (AvgIpc) is 1.35. The van der Waals surface area contributed by atoms with Gasteiger partial charge < -0.3 is 12.3 Å². The second-order valence-corrected chi connectivity index (χ2v) is 0.932. The molecule has 0 heterocycles. The molecule has 0 aliphatic heterocycles. The van der Waals surface area contributed by atoms with Crippen LogP contribution in [0.2, 0.25) is 0 Å². The minimum Gasteiger partial charge on any atom is -1.00 e. The standard InChI is InChI=1S/C3H7NO2.Li.H/c4-2-1-3(5)6;;/h1-2,4H2,(H,5,6);;/q;+1;-1. The van der Waals surface area contributed by atoms with Crippen LogP contribution in [-0.2, 0) is 4.79 Å². The number of carboxylic acids is 1. The maximum absolute atomic E-state index is 9.52. The first-order chi connectivity index (χ1) is 2.77. The average molecular weight is 97.0 g/mol. The van der Waals surface area contributed by atoms with Gasteiger partial charge in [-0.25, -0.2) is 0 Å². The van der Waals surface area contributed by atoms with Crippen LogP contribution in [0.3, 0.4) is 0 Å². The summed E-state index contributed by atoms with van der Waals surface area (Å²) in [5, 5.41) is 7.83. The Labute approximate surface area is 55.5 Å². The summed E-state index contributed by atoms with van der Waals surface area (Å²) in [6, 6.07) is 0. The molecule has 0 aliphatic rings. The Morgan fingerprint density at radius 2 is 2.29 bits per heavy atom. The second-order valence-electron chi connectivity index (χ2n) is 0.932. The molecule has 7 heavy (non-hydrogen) atoms. The van der Waals surface area contributed by atoms with Gasteiger partial charge in [-0.1, -0.05) is 0 Å². The largest absolute Gasteiger partial charge is 1.00 e. The molecule has 0 amide bonds. The van der Waals surface area contributed by atoms with Crippen LogP contribution in [-0.4, -0.2) is 17.6 Å². The first-order valence-electron chi connectivity index (χ1n) is 1.69. The second kappa shape index (κ2) is 6.03. The smallest absolute Gasteiger partial charge is 1.00 e. The van der Waals surface area contributed by atoms with Gasteiger partial charge in [0, 0.05) is 6.54 Å². The molecule has 0 saturated carbocycles. The minimum absolute atomic E-state index is 0. The summed E-state index contributed by atoms with van der Waals surface area (Å²) in [5.41, 5.74) is 4.85. The van der Waals surface area contributed by atoms with E-state index in [0.717, 1.165) is 0 Å². The number of aliphatic carboxylic acids is 1. The van der Waals surface area contributed by atoms with E-state index >= 15 is 0 Å². The Morgan fingerprint density at radius 1 is 1.86 bits per heavy atom. The van der Waals surface area contributed by atoms with E-state index in [1.165, 1.54) is 0 Å². The molecule has 0 radical (unpaired) electrons. The van der Waals surface area contributed by atoms with Gasteiger partial charge in [0.25, 0.3) is 0 Å². The fourth-order valence-corrected chi connectivity index (χ4v) is 0.123. The molecule has 0 aromatic rings. The molecule has 0 saturated heterocycles. The number of nitrogens with two attached hydrogens (primary N) is 1. The van der Waals surface area contributed by atoms with E-state index in [1.807, 2.05) is 0 Å². The van der Waals surface area contributed by atoms with Crippen molar-refractivity contribution in [2.24, 2.45) is 5.73 Å². The van der Waals surface area contributed by atoms with E-state index in [4.69, 9.17) is 10.8 Å². The predicted octanol–water partition coefficient (Wildman–Crippen LogP) is -3.46. The maximum Gasteiger partial charge on any atom is 1.00 e. The molecule has 0 aromatic carbocycles. The van der Waals surface area contributed by atoms with Crippen molar-refractivity contribution in [2.75, 3.05) is 6.54 Å². The summed E-state index contributed by atoms with van der Waals surface area (Å²) in [7, 11) is 0. The van der Waals surface area contributed by atoms with E-state index in [1.54, 1.807) is 0 Å². The molecule has 0 aromatic heterocycles. The van der Waals surface area contributed by atoms with Crippen LogP contribution in [0, 0.1) is 0 Å². The molecule has 4 heteroatoms. The van der Waals surface area contributed by atoms with Crippen LogP contribution < -0.4 is 24.6 Å². The van der Waals surface area contributed by atoms with Gasteiger partial charge in [-0.2, -0.15) is 0 Å². The third kappa shape index (κ3) is 10.7. The van der Waals surface area contributed by atoms with Gasteiger partial charge >= 0.3 is 24.8 Å². The van der Waals surface area contributed by atoms with Gasteiger partial charge in [0.2, 0.25) is 0 Å². The van der Waals surface area contributed by atoms with Gasteiger partial charge in [0.15, 0.2) is 0 Å². The molecular weight excluding hydrogens is 89.0 g/mol. The summed E-state index contributed by atoms with van der Waals surface area (Å²) >= 11 is 0. The number of hydrogen-bond acceptors (Lipinski definition) is 2. The summed E-state index contributed by atoms with van der Waals surface area (Å²) in [6.07, 6.45) is 0.0694. The van der Waals surface area contributed by atoms with Crippen molar-refractivity contribution in [3.63, 3.8) is 0 Å². The zero-order chi connectivity index (χ0) is 4.99. The Kier molecular flexibility index (Phi) is 8.70. The zero-order valence-electron chi connectivity index (χ0n) is 5.35. The van der Waals surface area contributed by atoms with Crippen LogP contribution in [0.5, 0.6) is 0 Å². The van der Waals surface area contributed by atoms with Crippen molar-refractivity contribution in [1.29, 1.82) is 0 Å². The Bertz CT molecular complexity index is 61.2. The minimum atomic E-state index is -0.836. The van der Waals surface area contributed by atoms with E-state index in [0.29, 0.717) is 0 Å². The van der Waals surface area contributed by atoms with Crippen molar-refractivity contribution in [3.8, 4) is 0 Å². The summed E-state index contributed by atoms with van der Waals surface area (Å²) in [4.78, 5) is 9.52. The molecule has 38 valence electrons. The Balaban J connectivity index is -0.000000125. The quantitative estimate of drug-likeness (QED) is 0.352. The predicted molar refractivity (Wildman–Crippen MR) is 22.4 cm³/mol. The van der Waals surface area contributed by atoms with Crippen molar-refractivity contribution < 1.29 is 30.2 Å². The van der Waals surface area contributed by atoms with Crippen molar-refractivity contribution >= 4 is 5.97 Å². The number of hydrogen-bond donors (Lipinski definition) is 2. The molecule has 0 rings (SSSR count). The molecule has 3 N–H and O–H groups in total. The Morgan fingerprint density at radius 3 is 2.29 bits per heavy atom. The first-order valence-corrected chi connectivity index (χ1v) is 1.69. The molecule has 0 fully saturated rings. The monoisotopic (exact) mass is 97.1 g/mol. The van der Waals surface area contributed by atoms with Crippen LogP contribution in [0.15, 0.2) is 0 Å². The zero-order valence-corrected chi connectivity index (χ0v) is 4.35. The topological polar surface area (TPSA) is 63.3 Å². The van der Waals surface area contributed by atoms with E-state index < -0.39 is 5.97 Å². The van der Waals surface area contributed by atoms with Crippen molar-refractivity contribution in [2.45, 2.75) is 6.42 Å². The van der Waals surface area contributed by atoms with Crippen LogP contribution in [0.25, 0.3) is 0 Å². The first kappa shape index (κ1) is 10.1. The summed E-state index contributed by atoms with van der Waals surface area (Å²) < 4.78 is 0. The molecule has 0 aliphatic carbocycles. The normalized spacial score (nSPS) is 7.00. The van der Waals surface area contributed by atoms with Crippen molar-refractivity contribution in [3.05, 3.63) is 0 Å². The number of carbonyl (C=O) groups is 1. The number of carboxylic acid groups (broad SMARTS) is 1. The van der Waals surface area contributed by atoms with Gasteiger partial charge in [0.1, 0.15) is 0 Å². The van der Waals surface area contributed by atoms with E-state index in [-0.39, 0.29) is 33.3 Å². The van der Waals surface area contributed by atoms with Gasteiger partial charge in [-0.15, -0.1) is 0 Å². The molecule has 0 atom stereocenters. The molecular formula is C3H8LiNO2. The fraction of sp³-hybridized carbons (Fsp3) is 0.667. The Hall–Kier alpha value is 0.0274. The van der Waals surface area contributed by atoms with Gasteiger partial charge in [-0.3, -0.25) is 4.79 Å². The number of rotatable bonds is 2. The van der Waals surface area contributed by atoms with Gasteiger partial charge in [0.05, 0.1) is 6.42 Å². The molecule has 0 unspecified atom stereocenters. The van der Waals surface area contributed by atoms with Crippen LogP contribution >= 0.6 is 0 Å². The molecule has 3 nitrogen and oxygen atoms in total. The summed E-state index contributed by atoms with van der Waals surface area (Å²) in [6.45, 7) is 0.231. The van der Waals surface area contributed by atoms with E-state index in [9.17, 15) is 4.79 Å². The third-order valence-corrected chi connectivity index (χ3v) is 0.358. The summed E-state index contributed by atoms with van der Waals surface area (Å²) in [5.74, 6) is -0.836. The maximum atomic E-state index is 9.52. The van der Waals surface area contributed by atoms with Gasteiger partial charge in [-0.05, 0) is 0 Å². The van der Waals surface area contributed by atoms with E-state index in [2.05, 4.69) is 0 Å². The third-order valence-electron chi connectivity index (χ3n) is 0.358. The van der Waals surface area contributed by atoms with Crippen molar-refractivity contribution in [1.82, 2.24) is 0 Å². The SMILES string of the molecule is NCCC(=O)O.[H-].[Li+]. The molecule has 0 spiro atoms. The molecule has 0 bridgehead atoms. The van der Waals surface area contributed by atoms with Crippen LogP contribution in [0.4, 0.5) is 0 Å². The fourth-order valence-electron chi connectivity index (χ4n) is 0.123.